The number of aliphatic hydroxyl groups is 2. The molecule has 0 radical (unpaired) electrons. The molecule has 202 valence electrons. The molecule has 4 atom stereocenters. The quantitative estimate of drug-likeness (QED) is 0.198. The number of carbonyl (C=O) groups excluding carboxylic acids is 2. The molecule has 1 aromatic heterocycles. The van der Waals surface area contributed by atoms with Gasteiger partial charge in [-0.05, 0) is 72.3 Å². The number of urea groups is 1. The molecule has 3 aromatic rings. The molecule has 4 rings (SSSR count). The maximum absolute atomic E-state index is 14.7. The van der Waals surface area contributed by atoms with E-state index in [1.54, 1.807) is 50.2 Å². The van der Waals surface area contributed by atoms with E-state index in [4.69, 9.17) is 14.6 Å². The summed E-state index contributed by atoms with van der Waals surface area (Å²) in [6.45, 7) is 2.95. The number of carbonyl (C=O) groups is 2. The number of imide groups is 1. The molecule has 0 aliphatic carbocycles. The highest BCUT2D eigenvalue weighted by Crippen LogP contribution is 2.35. The number of aromatic nitrogens is 2. The van der Waals surface area contributed by atoms with Gasteiger partial charge in [0.05, 0.1) is 18.4 Å². The lowest BCUT2D eigenvalue weighted by atomic mass is 10.1. The number of amides is 3. The van der Waals surface area contributed by atoms with Gasteiger partial charge in [0.25, 0.3) is 5.91 Å². The second-order valence-electron chi connectivity index (χ2n) is 8.91. The van der Waals surface area contributed by atoms with Crippen LogP contribution in [0.5, 0.6) is 5.75 Å². The van der Waals surface area contributed by atoms with E-state index in [0.717, 1.165) is 8.47 Å². The fourth-order valence-corrected chi connectivity index (χ4v) is 4.69. The predicted molar refractivity (Wildman–Crippen MR) is 144 cm³/mol. The molecular weight excluding hydrogens is 610 g/mol. The molecule has 1 aliphatic heterocycles. The molecule has 2 heterocycles. The van der Waals surface area contributed by atoms with Crippen molar-refractivity contribution in [1.82, 2.24) is 20.2 Å². The average molecular weight is 638 g/mol. The molecule has 10 nitrogen and oxygen atoms in total. The summed E-state index contributed by atoms with van der Waals surface area (Å²) < 4.78 is 26.4. The van der Waals surface area contributed by atoms with Crippen LogP contribution < -0.4 is 10.1 Å². The number of benzene rings is 2. The first-order valence-corrected chi connectivity index (χ1v) is 12.9. The van der Waals surface area contributed by atoms with Crippen molar-refractivity contribution in [1.29, 1.82) is 0 Å². The molecule has 2 aromatic carbocycles. The molecule has 4 N–H and O–H groups in total. The Balaban J connectivity index is 1.61. The highest BCUT2D eigenvalue weighted by molar-refractivity contribution is 14.1. The largest absolute Gasteiger partial charge is 0.491 e. The Bertz CT molecular complexity index is 1320. The third-order valence-electron chi connectivity index (χ3n) is 6.30. The van der Waals surface area contributed by atoms with Crippen LogP contribution in [0, 0.1) is 16.3 Å². The molecule has 1 saturated heterocycles. The molecule has 0 bridgehead atoms. The van der Waals surface area contributed by atoms with Gasteiger partial charge in [0.2, 0.25) is 0 Å². The van der Waals surface area contributed by atoms with Gasteiger partial charge in [0.15, 0.2) is 0 Å². The van der Waals surface area contributed by atoms with Crippen molar-refractivity contribution in [3.8, 4) is 17.0 Å². The number of halogens is 2. The van der Waals surface area contributed by atoms with Gasteiger partial charge in [-0.1, -0.05) is 12.1 Å². The lowest BCUT2D eigenvalue weighted by Gasteiger charge is -2.28. The van der Waals surface area contributed by atoms with Crippen molar-refractivity contribution in [3.05, 3.63) is 68.9 Å². The molecule has 12 heteroatoms. The van der Waals surface area contributed by atoms with Crippen LogP contribution in [0.4, 0.5) is 9.18 Å². The molecule has 0 spiro atoms. The van der Waals surface area contributed by atoms with E-state index in [2.05, 4.69) is 15.3 Å². The number of imidazole rings is 1. The van der Waals surface area contributed by atoms with Gasteiger partial charge in [-0.3, -0.25) is 4.79 Å². The van der Waals surface area contributed by atoms with Crippen LogP contribution in [-0.2, 0) is 9.53 Å². The maximum Gasteiger partial charge on any atom is 0.325 e. The summed E-state index contributed by atoms with van der Waals surface area (Å²) in [5, 5.41) is 21.1. The van der Waals surface area contributed by atoms with E-state index >= 15 is 0 Å². The zero-order valence-electron chi connectivity index (χ0n) is 20.9. The zero-order chi connectivity index (χ0) is 27.6. The molecular formula is C26H28FIN4O6. The minimum atomic E-state index is -1.01. The summed E-state index contributed by atoms with van der Waals surface area (Å²) in [4.78, 5) is 35.4. The van der Waals surface area contributed by atoms with Gasteiger partial charge in [0.1, 0.15) is 42.2 Å². The third-order valence-corrected chi connectivity index (χ3v) is 6.97. The number of methoxy groups -OCH3 is 1. The molecule has 3 amide bonds. The van der Waals surface area contributed by atoms with Gasteiger partial charge < -0.3 is 30.0 Å². The second kappa shape index (κ2) is 11.8. The monoisotopic (exact) mass is 638 g/mol. The summed E-state index contributed by atoms with van der Waals surface area (Å²) in [6.07, 6.45) is -1.64. The van der Waals surface area contributed by atoms with Gasteiger partial charge in [0, 0.05) is 21.9 Å². The van der Waals surface area contributed by atoms with Gasteiger partial charge in [-0.2, -0.15) is 0 Å². The number of hydrogen-bond donors (Lipinski definition) is 4. The Labute approximate surface area is 232 Å². The summed E-state index contributed by atoms with van der Waals surface area (Å²) >= 11 is 2.03. The van der Waals surface area contributed by atoms with Crippen LogP contribution in [-0.4, -0.2) is 69.6 Å². The number of rotatable bonds is 10. The SMILES string of the molecule is CO[C@H](C)[C@@H](c1nc(-c2ccc(I)cc2F)c(C)[nH]1)N1C(=O)NC(c2ccc(OCC(O)CO)cc2)C1=O. The first kappa shape index (κ1) is 28.0. The van der Waals surface area contributed by atoms with Gasteiger partial charge in [-0.25, -0.2) is 19.1 Å². The fourth-order valence-electron chi connectivity index (χ4n) is 4.24. The summed E-state index contributed by atoms with van der Waals surface area (Å²) in [7, 11) is 1.47. The van der Waals surface area contributed by atoms with Crippen molar-refractivity contribution in [2.75, 3.05) is 20.3 Å². The van der Waals surface area contributed by atoms with Crippen LogP contribution in [0.2, 0.25) is 0 Å². The lowest BCUT2D eigenvalue weighted by molar-refractivity contribution is -0.131. The number of nitrogens with one attached hydrogen (secondary N) is 2. The first-order chi connectivity index (χ1) is 18.1. The Kier molecular flexibility index (Phi) is 8.65. The van der Waals surface area contributed by atoms with E-state index in [1.807, 2.05) is 22.6 Å². The van der Waals surface area contributed by atoms with E-state index in [1.165, 1.54) is 13.2 Å². The Morgan fingerprint density at radius 2 is 1.92 bits per heavy atom. The second-order valence-corrected chi connectivity index (χ2v) is 10.2. The van der Waals surface area contributed by atoms with Crippen molar-refractivity contribution < 1.29 is 33.7 Å². The lowest BCUT2D eigenvalue weighted by Crippen LogP contribution is -2.41. The predicted octanol–water partition coefficient (Wildman–Crippen LogP) is 3.23. The van der Waals surface area contributed by atoms with Crippen molar-refractivity contribution >= 4 is 34.5 Å². The standard InChI is InChI=1S/C26H28FIN4O6/c1-13-21(19-9-6-16(28)10-20(19)27)30-24(29-13)23(14(2)37-3)32-25(35)22(31-26(32)36)15-4-7-18(8-5-15)38-12-17(34)11-33/h4-10,14,17,22-23,33-34H,11-12H2,1-3H3,(H,29,30)(H,31,36)/t14-,17?,22?,23+/m1/s1. The Morgan fingerprint density at radius 3 is 2.55 bits per heavy atom. The molecule has 2 unspecified atom stereocenters. The highest BCUT2D eigenvalue weighted by atomic mass is 127. The van der Waals surface area contributed by atoms with E-state index in [0.29, 0.717) is 34.1 Å². The maximum atomic E-state index is 14.7. The number of aromatic amines is 1. The van der Waals surface area contributed by atoms with E-state index in [9.17, 15) is 19.1 Å². The van der Waals surface area contributed by atoms with Crippen LogP contribution >= 0.6 is 22.6 Å². The van der Waals surface area contributed by atoms with Crippen molar-refractivity contribution in [2.24, 2.45) is 0 Å². The van der Waals surface area contributed by atoms with Crippen molar-refractivity contribution in [2.45, 2.75) is 38.1 Å². The molecule has 38 heavy (non-hydrogen) atoms. The Hall–Kier alpha value is -3.07. The number of aliphatic hydroxyl groups excluding tert-OH is 2. The number of hydrogen-bond acceptors (Lipinski definition) is 7. The van der Waals surface area contributed by atoms with Crippen LogP contribution in [0.25, 0.3) is 11.3 Å². The highest BCUT2D eigenvalue weighted by Gasteiger charge is 2.46. The first-order valence-electron chi connectivity index (χ1n) is 11.8. The zero-order valence-corrected chi connectivity index (χ0v) is 23.1. The number of aryl methyl sites for hydroxylation is 1. The van der Waals surface area contributed by atoms with Crippen LogP contribution in [0.15, 0.2) is 42.5 Å². The minimum absolute atomic E-state index is 0.0873. The van der Waals surface area contributed by atoms with E-state index in [-0.39, 0.29) is 6.61 Å². The topological polar surface area (TPSA) is 137 Å². The number of ether oxygens (including phenoxy) is 2. The molecule has 1 fully saturated rings. The number of nitrogens with zero attached hydrogens (tertiary/aromatic N) is 2. The third kappa shape index (κ3) is 5.67. The van der Waals surface area contributed by atoms with Crippen LogP contribution in [0.1, 0.15) is 36.1 Å². The Morgan fingerprint density at radius 1 is 1.21 bits per heavy atom. The molecule has 1 aliphatic rings. The molecule has 0 saturated carbocycles. The normalized spacial score (nSPS) is 17.9. The van der Waals surface area contributed by atoms with Crippen molar-refractivity contribution in [3.63, 3.8) is 0 Å². The van der Waals surface area contributed by atoms with Crippen LogP contribution in [0.3, 0.4) is 0 Å². The summed E-state index contributed by atoms with van der Waals surface area (Å²) in [5.41, 5.74) is 1.80. The fraction of sp³-hybridized carbons (Fsp3) is 0.346. The summed E-state index contributed by atoms with van der Waals surface area (Å²) in [5.74, 6) is -0.200. The summed E-state index contributed by atoms with van der Waals surface area (Å²) in [6, 6.07) is 8.84. The smallest absolute Gasteiger partial charge is 0.325 e. The van der Waals surface area contributed by atoms with Gasteiger partial charge >= 0.3 is 6.03 Å². The van der Waals surface area contributed by atoms with Gasteiger partial charge in [-0.15, -0.1) is 0 Å². The average Bonchev–Trinajstić information content (AvgIpc) is 3.42. The van der Waals surface area contributed by atoms with E-state index < -0.39 is 48.7 Å². The minimum Gasteiger partial charge on any atom is -0.491 e. The number of H-pyrrole nitrogens is 1.